The van der Waals surface area contributed by atoms with Crippen molar-refractivity contribution in [3.8, 4) is 0 Å². The molecule has 0 radical (unpaired) electrons. The molecule has 1 aliphatic heterocycles. The van der Waals surface area contributed by atoms with Gasteiger partial charge in [0.25, 0.3) is 0 Å². The minimum atomic E-state index is -3.64. The van der Waals surface area contributed by atoms with E-state index < -0.39 is 10.0 Å². The van der Waals surface area contributed by atoms with Crippen LogP contribution in [0.5, 0.6) is 0 Å². The number of ether oxygens (including phenoxy) is 1. The fourth-order valence-corrected chi connectivity index (χ4v) is 3.87. The van der Waals surface area contributed by atoms with Crippen LogP contribution in [0.4, 0.5) is 0 Å². The maximum atomic E-state index is 12.2. The summed E-state index contributed by atoms with van der Waals surface area (Å²) in [4.78, 5) is 15.8. The highest BCUT2D eigenvalue weighted by molar-refractivity contribution is 7.89. The molecule has 1 N–H and O–H groups in total. The first kappa shape index (κ1) is 20.1. The van der Waals surface area contributed by atoms with Gasteiger partial charge in [0.1, 0.15) is 0 Å². The van der Waals surface area contributed by atoms with E-state index >= 15 is 0 Å². The Hall–Kier alpha value is -1.19. The predicted octanol–water partition coefficient (Wildman–Crippen LogP) is 0.799. The number of nitrogens with one attached hydrogen (secondary N) is 1. The van der Waals surface area contributed by atoms with E-state index in [0.29, 0.717) is 31.3 Å². The summed E-state index contributed by atoms with van der Waals surface area (Å²) in [5.41, 5.74) is 0. The zero-order valence-electron chi connectivity index (χ0n) is 14.3. The van der Waals surface area contributed by atoms with E-state index in [9.17, 15) is 13.2 Å². The van der Waals surface area contributed by atoms with Crippen molar-refractivity contribution in [3.05, 3.63) is 29.3 Å². The first-order valence-corrected chi connectivity index (χ1v) is 10.1. The van der Waals surface area contributed by atoms with E-state index in [4.69, 9.17) is 16.3 Å². The average Bonchev–Trinajstić information content (AvgIpc) is 2.58. The molecule has 7 nitrogen and oxygen atoms in total. The molecule has 140 valence electrons. The van der Waals surface area contributed by atoms with Gasteiger partial charge in [-0.05, 0) is 18.2 Å². The molecule has 0 saturated carbocycles. The largest absolute Gasteiger partial charge is 0.379 e. The molecule has 0 aliphatic carbocycles. The number of hydrogen-bond acceptors (Lipinski definition) is 5. The molecule has 1 aromatic carbocycles. The first-order chi connectivity index (χ1) is 11.9. The Morgan fingerprint density at radius 3 is 2.68 bits per heavy atom. The number of carbonyl (C=O) groups is 1. The highest BCUT2D eigenvalue weighted by atomic mass is 35.5. The van der Waals surface area contributed by atoms with Gasteiger partial charge in [-0.1, -0.05) is 17.7 Å². The second kappa shape index (κ2) is 9.49. The fraction of sp³-hybridized carbons (Fsp3) is 0.562. The normalized spacial score (nSPS) is 15.9. The van der Waals surface area contributed by atoms with Crippen molar-refractivity contribution in [2.75, 3.05) is 52.5 Å². The molecule has 9 heteroatoms. The number of halogens is 1. The van der Waals surface area contributed by atoms with Crippen molar-refractivity contribution in [2.45, 2.75) is 11.8 Å². The standard InChI is InChI=1S/C16H24ClN3O4S/c1-14(21)20(8-7-19-9-11-24-12-10-19)6-5-18-25(22,23)16-4-2-3-15(17)13-16/h2-4,13,18H,5-12H2,1H3. The zero-order chi connectivity index (χ0) is 18.3. The lowest BCUT2D eigenvalue weighted by Gasteiger charge is -2.29. The molecule has 0 spiro atoms. The van der Waals surface area contributed by atoms with Gasteiger partial charge in [0, 0.05) is 51.2 Å². The molecule has 0 atom stereocenters. The molecule has 1 heterocycles. The van der Waals surface area contributed by atoms with Gasteiger partial charge in [-0.2, -0.15) is 0 Å². The van der Waals surface area contributed by atoms with Gasteiger partial charge < -0.3 is 9.64 Å². The SMILES string of the molecule is CC(=O)N(CCNS(=O)(=O)c1cccc(Cl)c1)CCN1CCOCC1. The van der Waals surface area contributed by atoms with Gasteiger partial charge >= 0.3 is 0 Å². The summed E-state index contributed by atoms with van der Waals surface area (Å²) in [5.74, 6) is -0.0739. The Morgan fingerprint density at radius 1 is 1.32 bits per heavy atom. The smallest absolute Gasteiger partial charge is 0.240 e. The van der Waals surface area contributed by atoms with E-state index in [1.165, 1.54) is 19.1 Å². The molecule has 1 amide bonds. The Bertz CT molecular complexity index is 678. The second-order valence-corrected chi connectivity index (χ2v) is 8.02. The zero-order valence-corrected chi connectivity index (χ0v) is 15.9. The highest BCUT2D eigenvalue weighted by Gasteiger charge is 2.17. The van der Waals surface area contributed by atoms with Crippen molar-refractivity contribution >= 4 is 27.5 Å². The summed E-state index contributed by atoms with van der Waals surface area (Å²) in [6.07, 6.45) is 0. The molecule has 1 saturated heterocycles. The van der Waals surface area contributed by atoms with Gasteiger partial charge in [0.2, 0.25) is 15.9 Å². The summed E-state index contributed by atoms with van der Waals surface area (Å²) in [6.45, 7) is 6.40. The van der Waals surface area contributed by atoms with Crippen molar-refractivity contribution in [3.63, 3.8) is 0 Å². The minimum Gasteiger partial charge on any atom is -0.379 e. The van der Waals surface area contributed by atoms with Crippen LogP contribution in [-0.4, -0.2) is 76.6 Å². The van der Waals surface area contributed by atoms with E-state index in [1.54, 1.807) is 17.0 Å². The highest BCUT2D eigenvalue weighted by Crippen LogP contribution is 2.14. The molecule has 1 aliphatic rings. The van der Waals surface area contributed by atoms with Crippen molar-refractivity contribution in [2.24, 2.45) is 0 Å². The quantitative estimate of drug-likeness (QED) is 0.711. The van der Waals surface area contributed by atoms with Crippen molar-refractivity contribution in [1.82, 2.24) is 14.5 Å². The molecular weight excluding hydrogens is 366 g/mol. The van der Waals surface area contributed by atoms with Gasteiger partial charge in [0.15, 0.2) is 0 Å². The van der Waals surface area contributed by atoms with Crippen LogP contribution in [0.15, 0.2) is 29.2 Å². The van der Waals surface area contributed by atoms with Gasteiger partial charge in [-0.15, -0.1) is 0 Å². The Kier molecular flexibility index (Phi) is 7.64. The summed E-state index contributed by atoms with van der Waals surface area (Å²) < 4.78 is 32.3. The average molecular weight is 390 g/mol. The lowest BCUT2D eigenvalue weighted by molar-refractivity contribution is -0.129. The van der Waals surface area contributed by atoms with Crippen LogP contribution in [0.25, 0.3) is 0 Å². The number of rotatable bonds is 8. The topological polar surface area (TPSA) is 79.0 Å². The van der Waals surface area contributed by atoms with Crippen LogP contribution in [0.3, 0.4) is 0 Å². The maximum Gasteiger partial charge on any atom is 0.240 e. The molecule has 25 heavy (non-hydrogen) atoms. The number of benzene rings is 1. The molecule has 0 bridgehead atoms. The summed E-state index contributed by atoms with van der Waals surface area (Å²) in [6, 6.07) is 6.07. The third kappa shape index (κ3) is 6.56. The predicted molar refractivity (Wildman–Crippen MR) is 96.2 cm³/mol. The van der Waals surface area contributed by atoms with Gasteiger partial charge in [0.05, 0.1) is 18.1 Å². The number of sulfonamides is 1. The van der Waals surface area contributed by atoms with Crippen LogP contribution in [0, 0.1) is 0 Å². The number of hydrogen-bond donors (Lipinski definition) is 1. The molecule has 1 fully saturated rings. The third-order valence-corrected chi connectivity index (χ3v) is 5.71. The fourth-order valence-electron chi connectivity index (χ4n) is 2.55. The summed E-state index contributed by atoms with van der Waals surface area (Å²) in [7, 11) is -3.64. The van der Waals surface area contributed by atoms with Crippen LogP contribution in [0.1, 0.15) is 6.92 Å². The summed E-state index contributed by atoms with van der Waals surface area (Å²) >= 11 is 5.83. The van der Waals surface area contributed by atoms with Gasteiger partial charge in [-0.3, -0.25) is 9.69 Å². The molecule has 0 unspecified atom stereocenters. The lowest BCUT2D eigenvalue weighted by atomic mass is 10.3. The Morgan fingerprint density at radius 2 is 2.04 bits per heavy atom. The first-order valence-electron chi connectivity index (χ1n) is 8.19. The third-order valence-electron chi connectivity index (χ3n) is 4.02. The van der Waals surface area contributed by atoms with Crippen LogP contribution in [0.2, 0.25) is 5.02 Å². The van der Waals surface area contributed by atoms with Crippen LogP contribution < -0.4 is 4.72 Å². The Balaban J connectivity index is 1.83. The molecule has 0 aromatic heterocycles. The number of carbonyl (C=O) groups excluding carboxylic acids is 1. The number of amides is 1. The minimum absolute atomic E-state index is 0.0739. The molecular formula is C16H24ClN3O4S. The van der Waals surface area contributed by atoms with Crippen LogP contribution in [-0.2, 0) is 19.6 Å². The molecule has 2 rings (SSSR count). The molecule has 1 aromatic rings. The number of morpholine rings is 1. The maximum absolute atomic E-state index is 12.2. The summed E-state index contributed by atoms with van der Waals surface area (Å²) in [5, 5.41) is 0.360. The Labute approximate surface area is 153 Å². The van der Waals surface area contributed by atoms with E-state index in [-0.39, 0.29) is 17.3 Å². The van der Waals surface area contributed by atoms with E-state index in [1.807, 2.05) is 0 Å². The van der Waals surface area contributed by atoms with Gasteiger partial charge in [-0.25, -0.2) is 13.1 Å². The lowest BCUT2D eigenvalue weighted by Crippen LogP contribution is -2.44. The van der Waals surface area contributed by atoms with Crippen molar-refractivity contribution in [1.29, 1.82) is 0 Å². The van der Waals surface area contributed by atoms with E-state index in [0.717, 1.165) is 19.6 Å². The van der Waals surface area contributed by atoms with Crippen LogP contribution >= 0.6 is 11.6 Å². The second-order valence-electron chi connectivity index (χ2n) is 5.82. The van der Waals surface area contributed by atoms with Crippen molar-refractivity contribution < 1.29 is 17.9 Å². The monoisotopic (exact) mass is 389 g/mol. The van der Waals surface area contributed by atoms with E-state index in [2.05, 4.69) is 9.62 Å². The number of nitrogens with zero attached hydrogens (tertiary/aromatic N) is 2.